The Balaban J connectivity index is 3.25. The Morgan fingerprint density at radius 2 is 1.35 bits per heavy atom. The average molecular weight is 244 g/mol. The average Bonchev–Trinajstić information content (AvgIpc) is 2.35. The number of ether oxygens (including phenoxy) is 2. The van der Waals surface area contributed by atoms with Gasteiger partial charge in [0.1, 0.15) is 0 Å². The van der Waals surface area contributed by atoms with Crippen LogP contribution in [0.5, 0.6) is 0 Å². The molecule has 0 bridgehead atoms. The van der Waals surface area contributed by atoms with Gasteiger partial charge in [-0.25, -0.2) is 0 Å². The molecule has 104 valence electrons. The molecule has 0 saturated heterocycles. The first-order valence-electron chi connectivity index (χ1n) is 7.36. The normalized spacial score (nSPS) is 12.9. The fourth-order valence-electron chi connectivity index (χ4n) is 2.16. The molecule has 0 spiro atoms. The summed E-state index contributed by atoms with van der Waals surface area (Å²) in [5, 5.41) is 0. The Morgan fingerprint density at radius 3 is 1.94 bits per heavy atom. The van der Waals surface area contributed by atoms with E-state index >= 15 is 0 Å². The minimum absolute atomic E-state index is 0.445. The second-order valence-corrected chi connectivity index (χ2v) is 4.90. The van der Waals surface area contributed by atoms with Crippen LogP contribution in [0.4, 0.5) is 0 Å². The SMILES string of the molecule is CCCCCCCCCC(CCCOC)OC. The molecule has 0 aromatic heterocycles. The molecule has 1 unspecified atom stereocenters. The zero-order chi connectivity index (χ0) is 12.8. The molecule has 0 aliphatic rings. The third-order valence-electron chi connectivity index (χ3n) is 3.34. The van der Waals surface area contributed by atoms with E-state index in [9.17, 15) is 0 Å². The van der Waals surface area contributed by atoms with Gasteiger partial charge in [-0.2, -0.15) is 0 Å². The van der Waals surface area contributed by atoms with Gasteiger partial charge in [0.15, 0.2) is 0 Å². The van der Waals surface area contributed by atoms with E-state index in [1.165, 1.54) is 51.4 Å². The van der Waals surface area contributed by atoms with Gasteiger partial charge in [-0.1, -0.05) is 51.9 Å². The van der Waals surface area contributed by atoms with Crippen LogP contribution in [0.2, 0.25) is 0 Å². The van der Waals surface area contributed by atoms with Crippen molar-refractivity contribution in [3.63, 3.8) is 0 Å². The zero-order valence-corrected chi connectivity index (χ0v) is 12.2. The molecule has 0 radical (unpaired) electrons. The van der Waals surface area contributed by atoms with Crippen molar-refractivity contribution in [2.75, 3.05) is 20.8 Å². The Morgan fingerprint density at radius 1 is 0.765 bits per heavy atom. The highest BCUT2D eigenvalue weighted by molar-refractivity contribution is 4.58. The van der Waals surface area contributed by atoms with Crippen LogP contribution >= 0.6 is 0 Å². The van der Waals surface area contributed by atoms with E-state index in [2.05, 4.69) is 6.92 Å². The fourth-order valence-corrected chi connectivity index (χ4v) is 2.16. The lowest BCUT2D eigenvalue weighted by Crippen LogP contribution is -2.11. The molecule has 17 heavy (non-hydrogen) atoms. The number of hydrogen-bond donors (Lipinski definition) is 0. The van der Waals surface area contributed by atoms with Gasteiger partial charge in [0.2, 0.25) is 0 Å². The summed E-state index contributed by atoms with van der Waals surface area (Å²) in [5.74, 6) is 0. The Labute approximate surface area is 108 Å². The smallest absolute Gasteiger partial charge is 0.0572 e. The van der Waals surface area contributed by atoms with Gasteiger partial charge in [0.05, 0.1) is 6.10 Å². The van der Waals surface area contributed by atoms with Crippen LogP contribution in [0.25, 0.3) is 0 Å². The first-order chi connectivity index (χ1) is 8.35. The van der Waals surface area contributed by atoms with Crippen LogP contribution < -0.4 is 0 Å². The maximum absolute atomic E-state index is 5.49. The van der Waals surface area contributed by atoms with Gasteiger partial charge in [-0.15, -0.1) is 0 Å². The van der Waals surface area contributed by atoms with E-state index in [1.807, 2.05) is 7.11 Å². The van der Waals surface area contributed by atoms with E-state index < -0.39 is 0 Å². The molecule has 2 nitrogen and oxygen atoms in total. The van der Waals surface area contributed by atoms with Crippen molar-refractivity contribution in [2.45, 2.75) is 77.2 Å². The summed E-state index contributed by atoms with van der Waals surface area (Å²) >= 11 is 0. The molecule has 2 heteroatoms. The van der Waals surface area contributed by atoms with E-state index in [0.717, 1.165) is 19.4 Å². The van der Waals surface area contributed by atoms with Gasteiger partial charge in [-0.3, -0.25) is 0 Å². The van der Waals surface area contributed by atoms with Crippen molar-refractivity contribution in [1.29, 1.82) is 0 Å². The van der Waals surface area contributed by atoms with E-state index in [4.69, 9.17) is 9.47 Å². The monoisotopic (exact) mass is 244 g/mol. The molecule has 0 aliphatic heterocycles. The van der Waals surface area contributed by atoms with Gasteiger partial charge < -0.3 is 9.47 Å². The molecular formula is C15H32O2. The highest BCUT2D eigenvalue weighted by Crippen LogP contribution is 2.13. The predicted molar refractivity (Wildman–Crippen MR) is 74.5 cm³/mol. The molecule has 0 fully saturated rings. The number of rotatable bonds is 13. The first-order valence-corrected chi connectivity index (χ1v) is 7.36. The summed E-state index contributed by atoms with van der Waals surface area (Å²) in [6.45, 7) is 3.13. The lowest BCUT2D eigenvalue weighted by atomic mass is 10.0. The van der Waals surface area contributed by atoms with Gasteiger partial charge >= 0.3 is 0 Å². The number of methoxy groups -OCH3 is 2. The molecule has 0 aliphatic carbocycles. The molecule has 0 saturated carbocycles. The highest BCUT2D eigenvalue weighted by atomic mass is 16.5. The molecular weight excluding hydrogens is 212 g/mol. The molecule has 0 heterocycles. The first kappa shape index (κ1) is 16.9. The largest absolute Gasteiger partial charge is 0.385 e. The summed E-state index contributed by atoms with van der Waals surface area (Å²) < 4.78 is 10.5. The minimum atomic E-state index is 0.445. The predicted octanol–water partition coefficient (Wildman–Crippen LogP) is 4.57. The van der Waals surface area contributed by atoms with Crippen LogP contribution in [0.3, 0.4) is 0 Å². The number of unbranched alkanes of at least 4 members (excludes halogenated alkanes) is 6. The lowest BCUT2D eigenvalue weighted by molar-refractivity contribution is 0.0748. The van der Waals surface area contributed by atoms with Gasteiger partial charge in [-0.05, 0) is 19.3 Å². The Hall–Kier alpha value is -0.0800. The topological polar surface area (TPSA) is 18.5 Å². The van der Waals surface area contributed by atoms with Crippen molar-refractivity contribution in [1.82, 2.24) is 0 Å². The summed E-state index contributed by atoms with van der Waals surface area (Å²) in [5.41, 5.74) is 0. The molecule has 0 amide bonds. The Kier molecular flexibility index (Phi) is 13.9. The quantitative estimate of drug-likeness (QED) is 0.442. The van der Waals surface area contributed by atoms with Crippen molar-refractivity contribution in [2.24, 2.45) is 0 Å². The van der Waals surface area contributed by atoms with Crippen molar-refractivity contribution < 1.29 is 9.47 Å². The van der Waals surface area contributed by atoms with Crippen LogP contribution in [-0.2, 0) is 9.47 Å². The van der Waals surface area contributed by atoms with E-state index in [0.29, 0.717) is 6.10 Å². The Bertz CT molecular complexity index is 137. The summed E-state index contributed by atoms with van der Waals surface area (Å²) in [6, 6.07) is 0. The molecule has 0 rings (SSSR count). The van der Waals surface area contributed by atoms with Crippen molar-refractivity contribution in [3.05, 3.63) is 0 Å². The van der Waals surface area contributed by atoms with Crippen LogP contribution in [0.15, 0.2) is 0 Å². The number of hydrogen-bond acceptors (Lipinski definition) is 2. The third-order valence-corrected chi connectivity index (χ3v) is 3.34. The maximum atomic E-state index is 5.49. The molecule has 0 N–H and O–H groups in total. The second-order valence-electron chi connectivity index (χ2n) is 4.90. The van der Waals surface area contributed by atoms with E-state index in [1.54, 1.807) is 7.11 Å². The zero-order valence-electron chi connectivity index (χ0n) is 12.2. The maximum Gasteiger partial charge on any atom is 0.0572 e. The van der Waals surface area contributed by atoms with Crippen LogP contribution in [-0.4, -0.2) is 26.9 Å². The van der Waals surface area contributed by atoms with Gasteiger partial charge in [0.25, 0.3) is 0 Å². The standard InChI is InChI=1S/C15H32O2/c1-4-5-6-7-8-9-10-12-15(17-3)13-11-14-16-2/h15H,4-14H2,1-3H3. The molecule has 0 aromatic rings. The van der Waals surface area contributed by atoms with Crippen LogP contribution in [0.1, 0.15) is 71.1 Å². The minimum Gasteiger partial charge on any atom is -0.385 e. The molecule has 1 atom stereocenters. The van der Waals surface area contributed by atoms with Gasteiger partial charge in [0, 0.05) is 20.8 Å². The molecule has 0 aromatic carbocycles. The lowest BCUT2D eigenvalue weighted by Gasteiger charge is -2.14. The highest BCUT2D eigenvalue weighted by Gasteiger charge is 2.06. The van der Waals surface area contributed by atoms with Crippen molar-refractivity contribution >= 4 is 0 Å². The third kappa shape index (κ3) is 12.2. The van der Waals surface area contributed by atoms with Crippen LogP contribution in [0, 0.1) is 0 Å². The van der Waals surface area contributed by atoms with E-state index in [-0.39, 0.29) is 0 Å². The fraction of sp³-hybridized carbons (Fsp3) is 1.00. The summed E-state index contributed by atoms with van der Waals surface area (Å²) in [6.07, 6.45) is 13.6. The summed E-state index contributed by atoms with van der Waals surface area (Å²) in [7, 11) is 3.59. The van der Waals surface area contributed by atoms with Crippen molar-refractivity contribution in [3.8, 4) is 0 Å². The second kappa shape index (κ2) is 14.0. The summed E-state index contributed by atoms with van der Waals surface area (Å²) in [4.78, 5) is 0.